The Balaban J connectivity index is 1.94. The maximum absolute atomic E-state index is 10.0. The van der Waals surface area contributed by atoms with E-state index in [2.05, 4.69) is 20.9 Å². The molecule has 0 aliphatic heterocycles. The lowest BCUT2D eigenvalue weighted by Crippen LogP contribution is -1.99. The van der Waals surface area contributed by atoms with Gasteiger partial charge >= 0.3 is 0 Å². The number of hydrogen-bond donors (Lipinski definition) is 1. The Labute approximate surface area is 107 Å². The van der Waals surface area contributed by atoms with E-state index in [1.807, 2.05) is 29.1 Å². The highest BCUT2D eigenvalue weighted by Crippen LogP contribution is 2.29. The Bertz CT molecular complexity index is 443. The van der Waals surface area contributed by atoms with Gasteiger partial charge in [0.2, 0.25) is 0 Å². The van der Waals surface area contributed by atoms with Gasteiger partial charge in [0.25, 0.3) is 0 Å². The van der Waals surface area contributed by atoms with Gasteiger partial charge in [-0.15, -0.1) is 0 Å². The van der Waals surface area contributed by atoms with Crippen molar-refractivity contribution in [1.29, 1.82) is 0 Å². The van der Waals surface area contributed by atoms with Crippen LogP contribution in [0, 0.1) is 0 Å². The molecule has 1 atom stereocenters. The van der Waals surface area contributed by atoms with Crippen molar-refractivity contribution in [3.8, 4) is 0 Å². The number of aliphatic hydroxyl groups excluding tert-OH is 1. The van der Waals surface area contributed by atoms with E-state index in [-0.39, 0.29) is 0 Å². The number of thiophene rings is 1. The third-order valence-corrected chi connectivity index (χ3v) is 4.18. The van der Waals surface area contributed by atoms with Crippen LogP contribution in [0.15, 0.2) is 39.8 Å². The van der Waals surface area contributed by atoms with Crippen LogP contribution < -0.4 is 0 Å². The summed E-state index contributed by atoms with van der Waals surface area (Å²) in [5, 5.41) is 14.0. The standard InChI is InChI=1S/C12H12BrNOS/c13-11-8-16-7-10(11)12(15)4-3-9-2-1-5-14-6-9/h1-2,5-8,12,15H,3-4H2. The van der Waals surface area contributed by atoms with Crippen molar-refractivity contribution in [2.24, 2.45) is 0 Å². The average Bonchev–Trinajstić information content (AvgIpc) is 2.74. The molecule has 2 aromatic heterocycles. The molecule has 0 fully saturated rings. The Morgan fingerprint density at radius 1 is 1.44 bits per heavy atom. The van der Waals surface area contributed by atoms with Crippen molar-refractivity contribution >= 4 is 27.3 Å². The highest BCUT2D eigenvalue weighted by atomic mass is 79.9. The van der Waals surface area contributed by atoms with E-state index >= 15 is 0 Å². The van der Waals surface area contributed by atoms with Crippen LogP contribution in [0.2, 0.25) is 0 Å². The number of aromatic nitrogens is 1. The van der Waals surface area contributed by atoms with Gasteiger partial charge in [0, 0.05) is 27.8 Å². The fraction of sp³-hybridized carbons (Fsp3) is 0.250. The molecule has 0 aromatic carbocycles. The zero-order valence-electron chi connectivity index (χ0n) is 8.64. The smallest absolute Gasteiger partial charge is 0.0812 e. The molecule has 16 heavy (non-hydrogen) atoms. The molecule has 2 rings (SSSR count). The summed E-state index contributed by atoms with van der Waals surface area (Å²) in [6.45, 7) is 0. The van der Waals surface area contributed by atoms with E-state index in [0.717, 1.165) is 28.4 Å². The predicted octanol–water partition coefficient (Wildman–Crippen LogP) is 3.57. The lowest BCUT2D eigenvalue weighted by Gasteiger charge is -2.09. The predicted molar refractivity (Wildman–Crippen MR) is 69.5 cm³/mol. The van der Waals surface area contributed by atoms with Gasteiger partial charge in [0.1, 0.15) is 0 Å². The molecule has 0 amide bonds. The van der Waals surface area contributed by atoms with Gasteiger partial charge in [0.05, 0.1) is 6.10 Å². The summed E-state index contributed by atoms with van der Waals surface area (Å²) in [7, 11) is 0. The van der Waals surface area contributed by atoms with Crippen LogP contribution >= 0.6 is 27.3 Å². The van der Waals surface area contributed by atoms with Crippen LogP contribution in [0.4, 0.5) is 0 Å². The Kier molecular flexibility index (Phi) is 4.09. The number of aryl methyl sites for hydroxylation is 1. The molecule has 0 saturated heterocycles. The monoisotopic (exact) mass is 297 g/mol. The summed E-state index contributed by atoms with van der Waals surface area (Å²) >= 11 is 5.03. The summed E-state index contributed by atoms with van der Waals surface area (Å²) in [5.41, 5.74) is 2.14. The lowest BCUT2D eigenvalue weighted by atomic mass is 10.1. The lowest BCUT2D eigenvalue weighted by molar-refractivity contribution is 0.167. The SMILES string of the molecule is OC(CCc1cccnc1)c1cscc1Br. The zero-order chi connectivity index (χ0) is 11.4. The minimum Gasteiger partial charge on any atom is -0.388 e. The van der Waals surface area contributed by atoms with E-state index in [4.69, 9.17) is 0 Å². The van der Waals surface area contributed by atoms with Crippen LogP contribution in [-0.2, 0) is 6.42 Å². The van der Waals surface area contributed by atoms with E-state index in [0.29, 0.717) is 0 Å². The van der Waals surface area contributed by atoms with Gasteiger partial charge in [-0.25, -0.2) is 0 Å². The molecule has 1 unspecified atom stereocenters. The average molecular weight is 298 g/mol. The van der Waals surface area contributed by atoms with Crippen molar-refractivity contribution < 1.29 is 5.11 Å². The highest BCUT2D eigenvalue weighted by molar-refractivity contribution is 9.10. The minimum atomic E-state index is -0.402. The number of rotatable bonds is 4. The largest absolute Gasteiger partial charge is 0.388 e. The Morgan fingerprint density at radius 2 is 2.31 bits per heavy atom. The molecule has 0 saturated carbocycles. The minimum absolute atomic E-state index is 0.402. The molecular formula is C12H12BrNOS. The molecule has 2 aromatic rings. The first-order valence-electron chi connectivity index (χ1n) is 5.06. The second-order valence-electron chi connectivity index (χ2n) is 3.59. The van der Waals surface area contributed by atoms with Crippen molar-refractivity contribution in [2.75, 3.05) is 0 Å². The first-order valence-corrected chi connectivity index (χ1v) is 6.79. The van der Waals surface area contributed by atoms with E-state index in [1.54, 1.807) is 17.5 Å². The quantitative estimate of drug-likeness (QED) is 0.936. The third kappa shape index (κ3) is 2.90. The summed E-state index contributed by atoms with van der Waals surface area (Å²) in [5.74, 6) is 0. The normalized spacial score (nSPS) is 12.6. The number of aliphatic hydroxyl groups is 1. The molecule has 0 spiro atoms. The van der Waals surface area contributed by atoms with E-state index < -0.39 is 6.10 Å². The molecule has 0 aliphatic rings. The molecule has 1 N–H and O–H groups in total. The number of pyridine rings is 1. The zero-order valence-corrected chi connectivity index (χ0v) is 11.0. The number of halogens is 1. The molecule has 2 heterocycles. The van der Waals surface area contributed by atoms with Gasteiger partial charge in [-0.05, 0) is 45.8 Å². The molecule has 4 heteroatoms. The van der Waals surface area contributed by atoms with Gasteiger partial charge in [-0.3, -0.25) is 4.98 Å². The molecule has 0 aliphatic carbocycles. The fourth-order valence-corrected chi connectivity index (χ4v) is 3.14. The fourth-order valence-electron chi connectivity index (χ4n) is 1.53. The Morgan fingerprint density at radius 3 is 2.94 bits per heavy atom. The summed E-state index contributed by atoms with van der Waals surface area (Å²) in [4.78, 5) is 4.05. The molecular weight excluding hydrogens is 286 g/mol. The molecule has 0 radical (unpaired) electrons. The second kappa shape index (κ2) is 5.57. The second-order valence-corrected chi connectivity index (χ2v) is 5.19. The van der Waals surface area contributed by atoms with Crippen LogP contribution in [0.1, 0.15) is 23.7 Å². The van der Waals surface area contributed by atoms with Crippen LogP contribution in [0.25, 0.3) is 0 Å². The van der Waals surface area contributed by atoms with Crippen LogP contribution in [0.5, 0.6) is 0 Å². The topological polar surface area (TPSA) is 33.1 Å². The van der Waals surface area contributed by atoms with Crippen molar-refractivity contribution in [3.63, 3.8) is 0 Å². The van der Waals surface area contributed by atoms with Gasteiger partial charge in [-0.1, -0.05) is 6.07 Å². The number of nitrogens with zero attached hydrogens (tertiary/aromatic N) is 1. The first kappa shape index (κ1) is 11.8. The maximum Gasteiger partial charge on any atom is 0.0812 e. The third-order valence-electron chi connectivity index (χ3n) is 2.43. The van der Waals surface area contributed by atoms with Gasteiger partial charge in [0.15, 0.2) is 0 Å². The maximum atomic E-state index is 10.0. The summed E-state index contributed by atoms with van der Waals surface area (Å²) in [6.07, 6.45) is 4.77. The summed E-state index contributed by atoms with van der Waals surface area (Å²) in [6, 6.07) is 3.95. The molecule has 2 nitrogen and oxygen atoms in total. The highest BCUT2D eigenvalue weighted by Gasteiger charge is 2.11. The molecule has 0 bridgehead atoms. The van der Waals surface area contributed by atoms with Gasteiger partial charge in [-0.2, -0.15) is 11.3 Å². The Hall–Kier alpha value is -0.710. The van der Waals surface area contributed by atoms with Crippen molar-refractivity contribution in [3.05, 3.63) is 50.9 Å². The van der Waals surface area contributed by atoms with E-state index in [1.165, 1.54) is 0 Å². The van der Waals surface area contributed by atoms with Gasteiger partial charge < -0.3 is 5.11 Å². The summed E-state index contributed by atoms with van der Waals surface area (Å²) < 4.78 is 0.996. The van der Waals surface area contributed by atoms with Crippen LogP contribution in [0.3, 0.4) is 0 Å². The van der Waals surface area contributed by atoms with Crippen molar-refractivity contribution in [1.82, 2.24) is 4.98 Å². The first-order chi connectivity index (χ1) is 7.77. The molecule has 84 valence electrons. The van der Waals surface area contributed by atoms with Crippen molar-refractivity contribution in [2.45, 2.75) is 18.9 Å². The van der Waals surface area contributed by atoms with Crippen LogP contribution in [-0.4, -0.2) is 10.1 Å². The number of hydrogen-bond acceptors (Lipinski definition) is 3. The van der Waals surface area contributed by atoms with E-state index in [9.17, 15) is 5.11 Å².